The van der Waals surface area contributed by atoms with Crippen LogP contribution in [0.5, 0.6) is 11.5 Å². The van der Waals surface area contributed by atoms with Gasteiger partial charge in [-0.3, -0.25) is 4.90 Å². The number of piperidine rings is 1. The van der Waals surface area contributed by atoms with Gasteiger partial charge in [0.05, 0.1) is 11.4 Å². The van der Waals surface area contributed by atoms with Crippen LogP contribution < -0.4 is 20.5 Å². The molecule has 2 aliphatic heterocycles. The fourth-order valence-electron chi connectivity index (χ4n) is 3.65. The van der Waals surface area contributed by atoms with Gasteiger partial charge in [0.1, 0.15) is 12.7 Å². The summed E-state index contributed by atoms with van der Waals surface area (Å²) in [5.41, 5.74) is 7.71. The van der Waals surface area contributed by atoms with Crippen molar-refractivity contribution in [3.8, 4) is 11.5 Å². The molecule has 6 heteroatoms. The van der Waals surface area contributed by atoms with E-state index in [9.17, 15) is 0 Å². The number of nitrogens with zero attached hydrogens (tertiary/aromatic N) is 1. The lowest BCUT2D eigenvalue weighted by molar-refractivity contribution is 0.0518. The smallest absolute Gasteiger partial charge is 0.161 e. The van der Waals surface area contributed by atoms with E-state index in [-0.39, 0.29) is 6.10 Å². The Balaban J connectivity index is 1.35. The average molecular weight is 374 g/mol. The van der Waals surface area contributed by atoms with Gasteiger partial charge in [0.15, 0.2) is 11.5 Å². The van der Waals surface area contributed by atoms with Crippen LogP contribution in [-0.2, 0) is 0 Å². The maximum atomic E-state index is 6.10. The van der Waals surface area contributed by atoms with Crippen LogP contribution in [0, 0.1) is 0 Å². The van der Waals surface area contributed by atoms with Gasteiger partial charge in [0.2, 0.25) is 0 Å². The number of ether oxygens (including phenoxy) is 2. The van der Waals surface area contributed by atoms with E-state index in [1.165, 1.54) is 0 Å². The Bertz CT molecular complexity index is 770. The molecule has 2 heterocycles. The second kappa shape index (κ2) is 7.64. The Morgan fingerprint density at radius 2 is 2.04 bits per heavy atom. The summed E-state index contributed by atoms with van der Waals surface area (Å²) >= 11 is 6.10. The summed E-state index contributed by atoms with van der Waals surface area (Å²) in [6.45, 7) is 3.47. The lowest BCUT2D eigenvalue weighted by Gasteiger charge is -2.37. The number of para-hydroxylation sites is 2. The third-order valence-electron chi connectivity index (χ3n) is 4.91. The van der Waals surface area contributed by atoms with E-state index < -0.39 is 0 Å². The highest BCUT2D eigenvalue weighted by Gasteiger charge is 2.26. The molecule has 2 aromatic carbocycles. The van der Waals surface area contributed by atoms with E-state index in [4.69, 9.17) is 26.8 Å². The maximum Gasteiger partial charge on any atom is 0.161 e. The summed E-state index contributed by atoms with van der Waals surface area (Å²) in [4.78, 5) is 2.43. The minimum Gasteiger partial charge on any atom is -0.486 e. The third-order valence-corrected chi connectivity index (χ3v) is 5.14. The number of nitrogens with one attached hydrogen (secondary N) is 1. The highest BCUT2D eigenvalue weighted by molar-refractivity contribution is 6.31. The molecule has 1 fully saturated rings. The summed E-state index contributed by atoms with van der Waals surface area (Å²) in [7, 11) is 0. The van der Waals surface area contributed by atoms with Crippen molar-refractivity contribution in [1.82, 2.24) is 4.90 Å². The molecule has 138 valence electrons. The number of halogens is 1. The molecule has 0 saturated carbocycles. The Morgan fingerprint density at radius 3 is 2.92 bits per heavy atom. The minimum absolute atomic E-state index is 0.0555. The third kappa shape index (κ3) is 4.00. The molecule has 3 N–H and O–H groups in total. The molecule has 5 nitrogen and oxygen atoms in total. The second-order valence-corrected chi connectivity index (χ2v) is 7.41. The van der Waals surface area contributed by atoms with E-state index in [1.807, 2.05) is 42.5 Å². The highest BCUT2D eigenvalue weighted by Crippen LogP contribution is 2.31. The first kappa shape index (κ1) is 17.3. The molecule has 26 heavy (non-hydrogen) atoms. The molecule has 0 radical (unpaired) electrons. The minimum atomic E-state index is 0.0555. The lowest BCUT2D eigenvalue weighted by Crippen LogP contribution is -2.48. The number of fused-ring (bicyclic) bond motifs is 1. The van der Waals surface area contributed by atoms with E-state index in [0.717, 1.165) is 55.3 Å². The van der Waals surface area contributed by atoms with E-state index in [2.05, 4.69) is 10.2 Å². The Morgan fingerprint density at radius 1 is 1.19 bits per heavy atom. The zero-order chi connectivity index (χ0) is 17.9. The number of hydrogen-bond donors (Lipinski definition) is 2. The van der Waals surface area contributed by atoms with Crippen molar-refractivity contribution in [3.05, 3.63) is 47.5 Å². The number of nitrogen functional groups attached to an aromatic ring is 1. The van der Waals surface area contributed by atoms with Crippen LogP contribution in [0.1, 0.15) is 12.8 Å². The zero-order valence-corrected chi connectivity index (χ0v) is 15.4. The van der Waals surface area contributed by atoms with Gasteiger partial charge >= 0.3 is 0 Å². The van der Waals surface area contributed by atoms with Gasteiger partial charge in [-0.2, -0.15) is 0 Å². The Hall–Kier alpha value is -2.11. The number of rotatable bonds is 4. The molecule has 2 aliphatic rings. The summed E-state index contributed by atoms with van der Waals surface area (Å²) < 4.78 is 11.9. The Kier molecular flexibility index (Phi) is 5.09. The first-order valence-corrected chi connectivity index (χ1v) is 9.47. The number of hydrogen-bond acceptors (Lipinski definition) is 5. The first-order valence-electron chi connectivity index (χ1n) is 9.10. The number of anilines is 2. The largest absolute Gasteiger partial charge is 0.486 e. The molecule has 0 bridgehead atoms. The predicted molar refractivity (Wildman–Crippen MR) is 105 cm³/mol. The van der Waals surface area contributed by atoms with Crippen molar-refractivity contribution >= 4 is 23.0 Å². The van der Waals surface area contributed by atoms with Crippen LogP contribution in [-0.4, -0.2) is 43.3 Å². The molecule has 0 aliphatic carbocycles. The highest BCUT2D eigenvalue weighted by atomic mass is 35.5. The van der Waals surface area contributed by atoms with Gasteiger partial charge in [-0.05, 0) is 49.7 Å². The van der Waals surface area contributed by atoms with Crippen molar-refractivity contribution in [2.24, 2.45) is 0 Å². The van der Waals surface area contributed by atoms with E-state index in [0.29, 0.717) is 17.7 Å². The van der Waals surface area contributed by atoms with Crippen molar-refractivity contribution in [1.29, 1.82) is 0 Å². The summed E-state index contributed by atoms with van der Waals surface area (Å²) in [5, 5.41) is 4.24. The topological polar surface area (TPSA) is 59.8 Å². The molecule has 0 aromatic heterocycles. The van der Waals surface area contributed by atoms with Crippen molar-refractivity contribution < 1.29 is 9.47 Å². The van der Waals surface area contributed by atoms with Gasteiger partial charge < -0.3 is 20.5 Å². The molecule has 0 spiro atoms. The predicted octanol–water partition coefficient (Wildman–Crippen LogP) is 3.64. The maximum absolute atomic E-state index is 6.10. The van der Waals surface area contributed by atoms with Gasteiger partial charge in [-0.15, -0.1) is 0 Å². The van der Waals surface area contributed by atoms with Crippen LogP contribution in [0.2, 0.25) is 5.02 Å². The summed E-state index contributed by atoms with van der Waals surface area (Å²) in [6, 6.07) is 13.7. The van der Waals surface area contributed by atoms with Crippen molar-refractivity contribution in [3.63, 3.8) is 0 Å². The zero-order valence-electron chi connectivity index (χ0n) is 14.7. The van der Waals surface area contributed by atoms with E-state index >= 15 is 0 Å². The van der Waals surface area contributed by atoms with Gasteiger partial charge in [-0.25, -0.2) is 0 Å². The summed E-state index contributed by atoms with van der Waals surface area (Å²) in [5.74, 6) is 1.67. The number of likely N-dealkylation sites (tertiary alicyclic amines) is 1. The number of nitrogens with two attached hydrogens (primary N) is 1. The fourth-order valence-corrected chi connectivity index (χ4v) is 3.83. The van der Waals surface area contributed by atoms with E-state index in [1.54, 1.807) is 0 Å². The van der Waals surface area contributed by atoms with Crippen LogP contribution in [0.15, 0.2) is 42.5 Å². The standard InChI is InChI=1S/C20H24ClN3O2/c21-14-7-8-17(22)18(10-14)23-15-4-3-9-24(11-15)12-16-13-25-19-5-1-2-6-20(19)26-16/h1-2,5-8,10,15-16,23H,3-4,9,11-13,22H2. The number of benzene rings is 2. The van der Waals surface area contributed by atoms with Crippen LogP contribution >= 0.6 is 11.6 Å². The van der Waals surface area contributed by atoms with Crippen molar-refractivity contribution in [2.75, 3.05) is 37.3 Å². The SMILES string of the molecule is Nc1ccc(Cl)cc1NC1CCCN(CC2COc3ccccc3O2)C1. The quantitative estimate of drug-likeness (QED) is 0.801. The molecule has 1 saturated heterocycles. The van der Waals surface area contributed by atoms with Crippen LogP contribution in [0.4, 0.5) is 11.4 Å². The van der Waals surface area contributed by atoms with Crippen molar-refractivity contribution in [2.45, 2.75) is 25.0 Å². The average Bonchev–Trinajstić information content (AvgIpc) is 2.65. The summed E-state index contributed by atoms with van der Waals surface area (Å²) in [6.07, 6.45) is 2.31. The molecular weight excluding hydrogens is 350 g/mol. The van der Waals surface area contributed by atoms with Crippen LogP contribution in [0.3, 0.4) is 0 Å². The lowest BCUT2D eigenvalue weighted by atomic mass is 10.0. The van der Waals surface area contributed by atoms with Crippen LogP contribution in [0.25, 0.3) is 0 Å². The molecule has 2 unspecified atom stereocenters. The molecule has 4 rings (SSSR count). The molecule has 0 amide bonds. The normalized spacial score (nSPS) is 22.8. The molecular formula is C20H24ClN3O2. The second-order valence-electron chi connectivity index (χ2n) is 6.97. The first-order chi connectivity index (χ1) is 12.7. The fraction of sp³-hybridized carbons (Fsp3) is 0.400. The van der Waals surface area contributed by atoms with Gasteiger partial charge in [-0.1, -0.05) is 23.7 Å². The van der Waals surface area contributed by atoms with Gasteiger partial charge in [0.25, 0.3) is 0 Å². The Labute approximate surface area is 159 Å². The molecule has 2 aromatic rings. The molecule has 2 atom stereocenters. The monoisotopic (exact) mass is 373 g/mol. The van der Waals surface area contributed by atoms with Gasteiger partial charge in [0, 0.05) is 24.2 Å².